The topological polar surface area (TPSA) is 147 Å². The lowest BCUT2D eigenvalue weighted by Gasteiger charge is -2.38. The third kappa shape index (κ3) is 7.58. The van der Waals surface area contributed by atoms with Crippen LogP contribution in [-0.2, 0) is 22.6 Å². The molecule has 12 nitrogen and oxygen atoms in total. The number of carbonyl (C=O) groups is 2. The van der Waals surface area contributed by atoms with Gasteiger partial charge in [0.25, 0.3) is 5.56 Å². The fourth-order valence-corrected chi connectivity index (χ4v) is 7.43. The van der Waals surface area contributed by atoms with E-state index in [9.17, 15) is 19.5 Å². The van der Waals surface area contributed by atoms with E-state index >= 15 is 0 Å². The van der Waals surface area contributed by atoms with Crippen molar-refractivity contribution in [3.63, 3.8) is 0 Å². The number of carboxylic acid groups (broad SMARTS) is 1. The average Bonchev–Trinajstić information content (AvgIpc) is 3.56. The fraction of sp³-hybridized carbons (Fsp3) is 0.308. The maximum Gasteiger partial charge on any atom is 0.407 e. The van der Waals surface area contributed by atoms with Crippen molar-refractivity contribution in [1.82, 2.24) is 29.9 Å². The Morgan fingerprint density at radius 3 is 2.43 bits per heavy atom. The van der Waals surface area contributed by atoms with Crippen LogP contribution in [0, 0.1) is 5.41 Å². The normalized spacial score (nSPS) is 16.3. The number of aromatic nitrogens is 3. The highest BCUT2D eigenvalue weighted by molar-refractivity contribution is 6.39. The Bertz CT molecular complexity index is 2280. The first-order chi connectivity index (χ1) is 25.5. The van der Waals surface area contributed by atoms with Crippen LogP contribution >= 0.6 is 23.2 Å². The molecule has 2 aromatic carbocycles. The van der Waals surface area contributed by atoms with Crippen LogP contribution < -0.4 is 20.9 Å². The van der Waals surface area contributed by atoms with Crippen molar-refractivity contribution in [1.29, 1.82) is 0 Å². The third-order valence-corrected chi connectivity index (χ3v) is 10.5. The van der Waals surface area contributed by atoms with Crippen LogP contribution in [0.1, 0.15) is 30.9 Å². The van der Waals surface area contributed by atoms with Crippen molar-refractivity contribution in [3.8, 4) is 39.4 Å². The summed E-state index contributed by atoms with van der Waals surface area (Å²) in [6.07, 6.45) is 3.18. The summed E-state index contributed by atoms with van der Waals surface area (Å²) in [7, 11) is 1.48. The van der Waals surface area contributed by atoms with E-state index < -0.39 is 6.09 Å². The molecule has 274 valence electrons. The Hall–Kier alpha value is -5.01. The average molecular weight is 758 g/mol. The predicted molar refractivity (Wildman–Crippen MR) is 202 cm³/mol. The molecule has 1 atom stereocenters. The first kappa shape index (κ1) is 36.4. The summed E-state index contributed by atoms with van der Waals surface area (Å²) in [5.74, 6) is 0.180. The number of nitrogens with zero attached hydrogens (tertiary/aromatic N) is 4. The second-order valence-corrected chi connectivity index (χ2v) is 14.6. The summed E-state index contributed by atoms with van der Waals surface area (Å²) >= 11 is 14.2. The number of benzene rings is 2. The van der Waals surface area contributed by atoms with E-state index in [2.05, 4.69) is 22.5 Å². The van der Waals surface area contributed by atoms with E-state index in [0.717, 1.165) is 17.7 Å². The molecule has 7 rings (SSSR count). The van der Waals surface area contributed by atoms with Gasteiger partial charge in [-0.05, 0) is 36.2 Å². The van der Waals surface area contributed by atoms with Crippen LogP contribution in [0.25, 0.3) is 39.2 Å². The van der Waals surface area contributed by atoms with Gasteiger partial charge in [-0.25, -0.2) is 14.8 Å². The number of hydrogen-bond donors (Lipinski definition) is 3. The van der Waals surface area contributed by atoms with Gasteiger partial charge in [-0.15, -0.1) is 0 Å². The molecule has 0 radical (unpaired) electrons. The summed E-state index contributed by atoms with van der Waals surface area (Å²) in [5, 5.41) is 16.9. The predicted octanol–water partition coefficient (Wildman–Crippen LogP) is 6.29. The molecule has 0 saturated carbocycles. The largest absolute Gasteiger partial charge is 0.481 e. The molecule has 0 bridgehead atoms. The first-order valence-electron chi connectivity index (χ1n) is 17.2. The summed E-state index contributed by atoms with van der Waals surface area (Å²) in [6.45, 7) is 4.92. The molecule has 2 amide bonds. The van der Waals surface area contributed by atoms with E-state index in [1.807, 2.05) is 48.5 Å². The zero-order valence-electron chi connectivity index (χ0n) is 29.2. The van der Waals surface area contributed by atoms with Crippen molar-refractivity contribution in [2.24, 2.45) is 5.41 Å². The Balaban J connectivity index is 1.13. The number of pyridine rings is 2. The van der Waals surface area contributed by atoms with Crippen molar-refractivity contribution < 1.29 is 24.2 Å². The fourth-order valence-electron chi connectivity index (χ4n) is 6.77. The summed E-state index contributed by atoms with van der Waals surface area (Å²) in [4.78, 5) is 47.5. The molecular formula is C39H38Cl2N6O6. The zero-order chi connectivity index (χ0) is 37.3. The monoisotopic (exact) mass is 756 g/mol. The van der Waals surface area contributed by atoms with Gasteiger partial charge < -0.3 is 30.1 Å². The molecule has 0 unspecified atom stereocenters. The molecule has 0 spiro atoms. The second-order valence-electron chi connectivity index (χ2n) is 13.8. The molecule has 3 aromatic heterocycles. The van der Waals surface area contributed by atoms with Crippen molar-refractivity contribution in [2.75, 3.05) is 33.4 Å². The minimum absolute atomic E-state index is 0.0291. The number of carbonyl (C=O) groups excluding carboxylic acids is 1. The van der Waals surface area contributed by atoms with Gasteiger partial charge in [0.1, 0.15) is 5.65 Å². The number of methoxy groups -OCH3 is 1. The van der Waals surface area contributed by atoms with Gasteiger partial charge in [0.15, 0.2) is 0 Å². The third-order valence-electron chi connectivity index (χ3n) is 9.71. The summed E-state index contributed by atoms with van der Waals surface area (Å²) in [5.41, 5.74) is 5.68. The van der Waals surface area contributed by atoms with Gasteiger partial charge in [0, 0.05) is 83.3 Å². The smallest absolute Gasteiger partial charge is 0.407 e. The molecule has 0 aliphatic carbocycles. The van der Waals surface area contributed by atoms with Crippen LogP contribution in [0.3, 0.4) is 0 Å². The van der Waals surface area contributed by atoms with Gasteiger partial charge >= 0.3 is 6.09 Å². The molecule has 5 heterocycles. The summed E-state index contributed by atoms with van der Waals surface area (Å²) < 4.78 is 12.4. The van der Waals surface area contributed by atoms with Gasteiger partial charge in [0.2, 0.25) is 11.8 Å². The van der Waals surface area contributed by atoms with Crippen LogP contribution in [0.2, 0.25) is 10.0 Å². The SMILES string of the molecule is COc1nc(-c2cccc(-c3cccc(-c4ccn5c(=O)c(CNCC6(C)COC6)cnc5c4)c3Cl)c2Cl)ccc1CN(C[C@@H]1CCC(=O)N1)C(=O)O. The Morgan fingerprint density at radius 1 is 1.06 bits per heavy atom. The molecule has 2 saturated heterocycles. The Morgan fingerprint density at radius 2 is 1.77 bits per heavy atom. The van der Waals surface area contributed by atoms with E-state index in [1.165, 1.54) is 16.4 Å². The van der Waals surface area contributed by atoms with E-state index in [4.69, 9.17) is 37.7 Å². The first-order valence-corrected chi connectivity index (χ1v) is 18.0. The number of ether oxygens (including phenoxy) is 2. The van der Waals surface area contributed by atoms with Crippen molar-refractivity contribution in [2.45, 2.75) is 38.9 Å². The molecule has 5 aromatic rings. The van der Waals surface area contributed by atoms with Crippen molar-refractivity contribution >= 4 is 40.8 Å². The number of rotatable bonds is 12. The minimum atomic E-state index is -1.11. The Labute approximate surface area is 315 Å². The molecule has 14 heteroatoms. The van der Waals surface area contributed by atoms with Gasteiger partial charge in [-0.2, -0.15) is 0 Å². The van der Waals surface area contributed by atoms with Crippen LogP contribution in [0.15, 0.2) is 77.9 Å². The van der Waals surface area contributed by atoms with Crippen LogP contribution in [-0.4, -0.2) is 75.8 Å². The van der Waals surface area contributed by atoms with E-state index in [-0.39, 0.29) is 41.9 Å². The quantitative estimate of drug-likeness (QED) is 0.134. The number of amides is 2. The van der Waals surface area contributed by atoms with Gasteiger partial charge in [0.05, 0.1) is 42.6 Å². The van der Waals surface area contributed by atoms with Gasteiger partial charge in [-0.1, -0.05) is 66.5 Å². The van der Waals surface area contributed by atoms with E-state index in [0.29, 0.717) is 81.8 Å². The number of nitrogens with one attached hydrogen (secondary N) is 2. The molecular weight excluding hydrogens is 719 g/mol. The second kappa shape index (κ2) is 15.2. The number of fused-ring (bicyclic) bond motifs is 1. The number of halogens is 2. The number of hydrogen-bond acceptors (Lipinski definition) is 8. The van der Waals surface area contributed by atoms with Gasteiger partial charge in [-0.3, -0.25) is 14.0 Å². The highest BCUT2D eigenvalue weighted by Crippen LogP contribution is 2.42. The molecule has 53 heavy (non-hydrogen) atoms. The molecule has 3 N–H and O–H groups in total. The van der Waals surface area contributed by atoms with Crippen LogP contribution in [0.5, 0.6) is 5.88 Å². The Kier molecular flexibility index (Phi) is 10.4. The molecule has 2 aliphatic heterocycles. The lowest BCUT2D eigenvalue weighted by molar-refractivity contribution is -0.119. The zero-order valence-corrected chi connectivity index (χ0v) is 30.7. The highest BCUT2D eigenvalue weighted by atomic mass is 35.5. The molecule has 2 fully saturated rings. The summed E-state index contributed by atoms with van der Waals surface area (Å²) in [6, 6.07) is 18.3. The highest BCUT2D eigenvalue weighted by Gasteiger charge is 2.32. The lowest BCUT2D eigenvalue weighted by atomic mass is 9.89. The lowest BCUT2D eigenvalue weighted by Crippen LogP contribution is -2.47. The van der Waals surface area contributed by atoms with E-state index in [1.54, 1.807) is 24.5 Å². The van der Waals surface area contributed by atoms with Crippen LogP contribution in [0.4, 0.5) is 4.79 Å². The standard InChI is InChI=1S/C39H38Cl2N6O6/c1-39(21-53-22-39)20-42-16-25-17-43-32-15-23(13-14-47(32)37(25)49)27-5-3-6-28(34(27)40)29-7-4-8-30(35(29)41)31-11-9-24(36(45-31)52-2)18-46(38(50)51)19-26-10-12-33(48)44-26/h3-9,11,13-15,17,26,42H,10,12,16,18-22H2,1-2H3,(H,44,48)(H,50,51)/t26-/m0/s1. The maximum atomic E-state index is 13.3. The van der Waals surface area contributed by atoms with Crippen molar-refractivity contribution in [3.05, 3.63) is 105 Å². The maximum absolute atomic E-state index is 13.3. The molecule has 2 aliphatic rings. The minimum Gasteiger partial charge on any atom is -0.481 e.